The summed E-state index contributed by atoms with van der Waals surface area (Å²) in [4.78, 5) is 29.1. The molecule has 2 N–H and O–H groups in total. The maximum Gasteiger partial charge on any atom is 0.256 e. The van der Waals surface area contributed by atoms with Crippen LogP contribution in [-0.2, 0) is 10.2 Å². The largest absolute Gasteiger partial charge is 0.326 e. The number of hydrogen-bond acceptors (Lipinski definition) is 4. The fourth-order valence-electron chi connectivity index (χ4n) is 3.48. The first-order chi connectivity index (χ1) is 15.2. The molecule has 0 saturated heterocycles. The van der Waals surface area contributed by atoms with Gasteiger partial charge < -0.3 is 10.6 Å². The van der Waals surface area contributed by atoms with Crippen LogP contribution in [0.4, 0.5) is 11.5 Å². The smallest absolute Gasteiger partial charge is 0.256 e. The Morgan fingerprint density at radius 2 is 1.66 bits per heavy atom. The van der Waals surface area contributed by atoms with Crippen LogP contribution in [0.15, 0.2) is 66.9 Å². The summed E-state index contributed by atoms with van der Waals surface area (Å²) < 4.78 is 1.68. The van der Waals surface area contributed by atoms with Gasteiger partial charge in [0, 0.05) is 30.2 Å². The van der Waals surface area contributed by atoms with Gasteiger partial charge in [-0.3, -0.25) is 9.59 Å². The molecule has 0 aliphatic carbocycles. The van der Waals surface area contributed by atoms with Gasteiger partial charge in [-0.25, -0.2) is 9.50 Å². The average molecular weight is 428 g/mol. The second kappa shape index (κ2) is 8.26. The van der Waals surface area contributed by atoms with Gasteiger partial charge in [-0.1, -0.05) is 51.1 Å². The third kappa shape index (κ3) is 4.37. The highest BCUT2D eigenvalue weighted by atomic mass is 16.2. The number of nitrogens with one attached hydrogen (secondary N) is 2. The van der Waals surface area contributed by atoms with Crippen molar-refractivity contribution in [3.8, 4) is 11.3 Å². The minimum atomic E-state index is -0.247. The Balaban J connectivity index is 1.70. The Morgan fingerprint density at radius 3 is 2.34 bits per heavy atom. The minimum absolute atomic E-state index is 0.0137. The van der Waals surface area contributed by atoms with E-state index >= 15 is 0 Å². The summed E-state index contributed by atoms with van der Waals surface area (Å²) in [6, 6.07) is 18.5. The molecule has 4 rings (SSSR count). The van der Waals surface area contributed by atoms with Gasteiger partial charge >= 0.3 is 0 Å². The van der Waals surface area contributed by atoms with Gasteiger partial charge in [0.2, 0.25) is 5.91 Å². The number of aromatic nitrogens is 3. The number of anilines is 2. The standard InChI is InChI=1S/C25H25N5O2/c1-16(31)27-20-8-6-5-7-19(20)21-15-22(28-23-13-14-26-30(21)23)29-24(32)17-9-11-18(12-10-17)25(2,3)4/h5-15H,1-4H3,(H,27,31)(H,28,29,32). The van der Waals surface area contributed by atoms with Crippen molar-refractivity contribution in [1.82, 2.24) is 14.6 Å². The maximum absolute atomic E-state index is 12.9. The van der Waals surface area contributed by atoms with Crippen LogP contribution in [0.5, 0.6) is 0 Å². The molecule has 0 unspecified atom stereocenters. The Bertz CT molecular complexity index is 1300. The van der Waals surface area contributed by atoms with Gasteiger partial charge in [-0.15, -0.1) is 0 Å². The topological polar surface area (TPSA) is 88.4 Å². The van der Waals surface area contributed by atoms with Crippen LogP contribution in [-0.4, -0.2) is 26.4 Å². The highest BCUT2D eigenvalue weighted by Gasteiger charge is 2.17. The SMILES string of the molecule is CC(=O)Nc1ccccc1-c1cc(NC(=O)c2ccc(C(C)(C)C)cc2)nc2ccnn12. The summed E-state index contributed by atoms with van der Waals surface area (Å²) in [6.45, 7) is 7.86. The maximum atomic E-state index is 12.9. The van der Waals surface area contributed by atoms with E-state index in [-0.39, 0.29) is 17.2 Å². The van der Waals surface area contributed by atoms with Gasteiger partial charge in [0.05, 0.1) is 17.6 Å². The van der Waals surface area contributed by atoms with E-state index in [0.717, 1.165) is 11.1 Å². The summed E-state index contributed by atoms with van der Waals surface area (Å²) in [5.74, 6) is -0.0195. The zero-order chi connectivity index (χ0) is 22.9. The van der Waals surface area contributed by atoms with Gasteiger partial charge in [0.1, 0.15) is 5.82 Å². The van der Waals surface area contributed by atoms with E-state index in [1.165, 1.54) is 6.92 Å². The molecule has 0 aliphatic heterocycles. The number of carbonyl (C=O) groups is 2. The van der Waals surface area contributed by atoms with Crippen molar-refractivity contribution < 1.29 is 9.59 Å². The van der Waals surface area contributed by atoms with Gasteiger partial charge in [-0.05, 0) is 29.2 Å². The summed E-state index contributed by atoms with van der Waals surface area (Å²) in [7, 11) is 0. The number of amides is 2. The highest BCUT2D eigenvalue weighted by molar-refractivity contribution is 6.04. The predicted octanol–water partition coefficient (Wildman–Crippen LogP) is 4.90. The van der Waals surface area contributed by atoms with E-state index in [0.29, 0.717) is 28.4 Å². The van der Waals surface area contributed by atoms with E-state index in [2.05, 4.69) is 41.5 Å². The molecule has 0 saturated carbocycles. The predicted molar refractivity (Wildman–Crippen MR) is 126 cm³/mol. The lowest BCUT2D eigenvalue weighted by Crippen LogP contribution is -2.15. The second-order valence-electron chi connectivity index (χ2n) is 8.64. The number of fused-ring (bicyclic) bond motifs is 1. The van der Waals surface area contributed by atoms with Crippen molar-refractivity contribution in [2.45, 2.75) is 33.1 Å². The Hall–Kier alpha value is -4.00. The van der Waals surface area contributed by atoms with Gasteiger partial charge in [0.15, 0.2) is 5.65 Å². The number of benzene rings is 2. The van der Waals surface area contributed by atoms with Crippen molar-refractivity contribution >= 4 is 29.0 Å². The van der Waals surface area contributed by atoms with Crippen LogP contribution >= 0.6 is 0 Å². The van der Waals surface area contributed by atoms with E-state index < -0.39 is 0 Å². The lowest BCUT2D eigenvalue weighted by atomic mass is 9.87. The molecule has 2 amide bonds. The fraction of sp³-hybridized carbons (Fsp3) is 0.200. The van der Waals surface area contributed by atoms with Crippen molar-refractivity contribution in [3.05, 3.63) is 78.0 Å². The van der Waals surface area contributed by atoms with Crippen LogP contribution in [0, 0.1) is 0 Å². The molecular weight excluding hydrogens is 402 g/mol. The molecule has 32 heavy (non-hydrogen) atoms. The zero-order valence-corrected chi connectivity index (χ0v) is 18.5. The molecule has 2 heterocycles. The molecule has 0 spiro atoms. The average Bonchev–Trinajstić information content (AvgIpc) is 3.21. The van der Waals surface area contributed by atoms with E-state index in [1.54, 1.807) is 22.8 Å². The number of nitrogens with zero attached hydrogens (tertiary/aromatic N) is 3. The molecule has 2 aromatic carbocycles. The van der Waals surface area contributed by atoms with Crippen molar-refractivity contribution in [2.75, 3.05) is 10.6 Å². The molecule has 7 nitrogen and oxygen atoms in total. The lowest BCUT2D eigenvalue weighted by molar-refractivity contribution is -0.114. The van der Waals surface area contributed by atoms with Crippen LogP contribution in [0.2, 0.25) is 0 Å². The number of para-hydroxylation sites is 1. The van der Waals surface area contributed by atoms with Crippen molar-refractivity contribution in [2.24, 2.45) is 0 Å². The number of carbonyl (C=O) groups excluding carboxylic acids is 2. The number of hydrogen-bond donors (Lipinski definition) is 2. The molecule has 0 radical (unpaired) electrons. The van der Waals surface area contributed by atoms with Crippen LogP contribution in [0.25, 0.3) is 16.9 Å². The molecule has 0 fully saturated rings. The molecule has 0 aliphatic rings. The molecule has 7 heteroatoms. The van der Waals surface area contributed by atoms with Gasteiger partial charge in [0.25, 0.3) is 5.91 Å². The molecule has 162 valence electrons. The fourth-order valence-corrected chi connectivity index (χ4v) is 3.48. The zero-order valence-electron chi connectivity index (χ0n) is 18.5. The molecule has 2 aromatic heterocycles. The third-order valence-corrected chi connectivity index (χ3v) is 5.13. The molecule has 4 aromatic rings. The number of rotatable bonds is 4. The van der Waals surface area contributed by atoms with Crippen molar-refractivity contribution in [3.63, 3.8) is 0 Å². The first-order valence-corrected chi connectivity index (χ1v) is 10.4. The molecule has 0 bridgehead atoms. The van der Waals surface area contributed by atoms with Crippen LogP contribution < -0.4 is 10.6 Å². The normalized spacial score (nSPS) is 11.4. The summed E-state index contributed by atoms with van der Waals surface area (Å²) >= 11 is 0. The third-order valence-electron chi connectivity index (χ3n) is 5.13. The first kappa shape index (κ1) is 21.2. The monoisotopic (exact) mass is 427 g/mol. The van der Waals surface area contributed by atoms with Gasteiger partial charge in [-0.2, -0.15) is 5.10 Å². The van der Waals surface area contributed by atoms with E-state index in [1.807, 2.05) is 48.5 Å². The van der Waals surface area contributed by atoms with Crippen molar-refractivity contribution in [1.29, 1.82) is 0 Å². The molecular formula is C25H25N5O2. The van der Waals surface area contributed by atoms with Crippen LogP contribution in [0.3, 0.4) is 0 Å². The quantitative estimate of drug-likeness (QED) is 0.485. The van der Waals surface area contributed by atoms with E-state index in [4.69, 9.17) is 0 Å². The Kier molecular flexibility index (Phi) is 5.48. The highest BCUT2D eigenvalue weighted by Crippen LogP contribution is 2.30. The molecule has 0 atom stereocenters. The Labute approximate surface area is 186 Å². The van der Waals surface area contributed by atoms with E-state index in [9.17, 15) is 9.59 Å². The minimum Gasteiger partial charge on any atom is -0.326 e. The summed E-state index contributed by atoms with van der Waals surface area (Å²) in [5.41, 5.74) is 4.42. The van der Waals surface area contributed by atoms with Crippen LogP contribution in [0.1, 0.15) is 43.6 Å². The summed E-state index contributed by atoms with van der Waals surface area (Å²) in [5, 5.41) is 10.1. The first-order valence-electron chi connectivity index (χ1n) is 10.4. The Morgan fingerprint density at radius 1 is 0.938 bits per heavy atom. The summed E-state index contributed by atoms with van der Waals surface area (Å²) in [6.07, 6.45) is 1.64. The lowest BCUT2D eigenvalue weighted by Gasteiger charge is -2.19. The second-order valence-corrected chi connectivity index (χ2v) is 8.64.